The molecule has 0 heterocycles. The number of hydrogen-bond donors (Lipinski definition) is 0. The van der Waals surface area contributed by atoms with E-state index in [9.17, 15) is 9.59 Å². The highest BCUT2D eigenvalue weighted by atomic mass is 16.1. The van der Waals surface area contributed by atoms with E-state index in [1.54, 1.807) is 12.2 Å². The maximum absolute atomic E-state index is 12.3. The van der Waals surface area contributed by atoms with Gasteiger partial charge >= 0.3 is 0 Å². The van der Waals surface area contributed by atoms with Gasteiger partial charge in [0.15, 0.2) is 11.6 Å². The second kappa shape index (κ2) is 4.39. The van der Waals surface area contributed by atoms with Crippen LogP contribution in [-0.4, -0.2) is 11.6 Å². The number of allylic oxidation sites excluding steroid dienone is 4. The van der Waals surface area contributed by atoms with Gasteiger partial charge in [0.2, 0.25) is 0 Å². The molecule has 4 rings (SSSR count). The van der Waals surface area contributed by atoms with Crippen molar-refractivity contribution >= 4 is 23.7 Å². The number of fused-ring (bicyclic) bond motifs is 4. The number of hydrogen-bond acceptors (Lipinski definition) is 2. The molecular weight excluding hydrogens is 260 g/mol. The minimum Gasteiger partial charge on any atom is -0.295 e. The fraction of sp³-hybridized carbons (Fsp3) is 0.263. The molecule has 0 aromatic heterocycles. The second-order valence-corrected chi connectivity index (χ2v) is 6.20. The first-order valence-electron chi connectivity index (χ1n) is 7.42. The molecule has 3 aliphatic carbocycles. The van der Waals surface area contributed by atoms with E-state index in [1.807, 2.05) is 25.2 Å². The highest BCUT2D eigenvalue weighted by Gasteiger charge is 2.30. The fourth-order valence-corrected chi connectivity index (χ4v) is 3.57. The van der Waals surface area contributed by atoms with Crippen molar-refractivity contribution in [3.05, 3.63) is 58.0 Å². The summed E-state index contributed by atoms with van der Waals surface area (Å²) in [5, 5.41) is 2.05. The van der Waals surface area contributed by atoms with Gasteiger partial charge < -0.3 is 0 Å². The van der Waals surface area contributed by atoms with E-state index in [0.29, 0.717) is 0 Å². The van der Waals surface area contributed by atoms with Gasteiger partial charge in [0.05, 0.1) is 5.92 Å². The zero-order chi connectivity index (χ0) is 14.6. The lowest BCUT2D eigenvalue weighted by atomic mass is 9.75. The monoisotopic (exact) mass is 276 g/mol. The molecule has 0 spiro atoms. The number of carbonyl (C=O) groups is 2. The molecule has 3 aliphatic rings. The van der Waals surface area contributed by atoms with Gasteiger partial charge in [-0.25, -0.2) is 0 Å². The van der Waals surface area contributed by atoms with Crippen LogP contribution in [0.25, 0.3) is 12.2 Å². The summed E-state index contributed by atoms with van der Waals surface area (Å²) < 4.78 is 0. The van der Waals surface area contributed by atoms with Gasteiger partial charge in [-0.2, -0.15) is 0 Å². The molecule has 0 saturated heterocycles. The summed E-state index contributed by atoms with van der Waals surface area (Å²) >= 11 is 0. The molecule has 21 heavy (non-hydrogen) atoms. The zero-order valence-electron chi connectivity index (χ0n) is 11.9. The first kappa shape index (κ1) is 12.5. The molecule has 0 saturated carbocycles. The van der Waals surface area contributed by atoms with Crippen molar-refractivity contribution < 1.29 is 9.59 Å². The lowest BCUT2D eigenvalue weighted by Crippen LogP contribution is -2.35. The normalized spacial score (nSPS) is 29.1. The Kier molecular flexibility index (Phi) is 2.61. The Morgan fingerprint density at radius 2 is 1.62 bits per heavy atom. The molecule has 0 fully saturated rings. The Morgan fingerprint density at radius 1 is 0.905 bits per heavy atom. The average Bonchev–Trinajstić information content (AvgIpc) is 2.48. The van der Waals surface area contributed by atoms with Crippen LogP contribution in [0.5, 0.6) is 0 Å². The summed E-state index contributed by atoms with van der Waals surface area (Å²) in [4.78, 5) is 24.2. The molecule has 0 aliphatic heterocycles. The minimum absolute atomic E-state index is 0.0418. The van der Waals surface area contributed by atoms with E-state index in [2.05, 4.69) is 18.2 Å². The Morgan fingerprint density at radius 3 is 2.43 bits per heavy atom. The lowest BCUT2D eigenvalue weighted by Gasteiger charge is -2.27. The third-order valence-corrected chi connectivity index (χ3v) is 4.77. The second-order valence-electron chi connectivity index (χ2n) is 6.20. The molecule has 2 heteroatoms. The molecular formula is C19H16O2. The number of carbonyl (C=O) groups excluding carboxylic acids is 2. The largest absolute Gasteiger partial charge is 0.295 e. The number of Topliss-reactive ketones (excluding diaryl/α,β-unsaturated/α-hetero) is 2. The molecule has 2 nitrogen and oxygen atoms in total. The van der Waals surface area contributed by atoms with Crippen LogP contribution in [0.1, 0.15) is 24.0 Å². The van der Waals surface area contributed by atoms with Gasteiger partial charge in [-0.05, 0) is 40.1 Å². The van der Waals surface area contributed by atoms with Crippen LogP contribution in [0.15, 0.2) is 36.4 Å². The molecule has 0 radical (unpaired) electrons. The standard InChI is InChI=1S/C19H16O2/c1-11-6-12-7-14-10-19(21)16-5-3-2-4-15(16)17(14)8-13(12)9-18(11)20/h2-5,7-11,15-16H,6H2,1H3/t11-,15?,16?/m0/s1. The topological polar surface area (TPSA) is 34.1 Å². The minimum atomic E-state index is -0.0845. The first-order valence-corrected chi connectivity index (χ1v) is 7.42. The van der Waals surface area contributed by atoms with Gasteiger partial charge in [-0.15, -0.1) is 0 Å². The highest BCUT2D eigenvalue weighted by Crippen LogP contribution is 2.31. The molecule has 3 atom stereocenters. The van der Waals surface area contributed by atoms with Crippen molar-refractivity contribution in [1.82, 2.24) is 0 Å². The molecule has 0 bridgehead atoms. The van der Waals surface area contributed by atoms with Gasteiger partial charge in [0.1, 0.15) is 0 Å². The van der Waals surface area contributed by atoms with E-state index in [-0.39, 0.29) is 29.3 Å². The van der Waals surface area contributed by atoms with Crippen LogP contribution < -0.4 is 10.4 Å². The maximum atomic E-state index is 12.3. The number of benzene rings is 1. The predicted molar refractivity (Wildman–Crippen MR) is 82.0 cm³/mol. The number of ketones is 2. The molecule has 1 aromatic rings. The smallest absolute Gasteiger partial charge is 0.164 e. The molecule has 2 unspecified atom stereocenters. The van der Waals surface area contributed by atoms with Crippen LogP contribution >= 0.6 is 0 Å². The number of rotatable bonds is 0. The quantitative estimate of drug-likeness (QED) is 0.718. The SMILES string of the molecule is C[C@H]1Cc2cc3c(cc2=CC1=O)C1C=CC=CC1C(=O)C=3. The van der Waals surface area contributed by atoms with E-state index >= 15 is 0 Å². The Hall–Kier alpha value is -2.22. The average molecular weight is 276 g/mol. The van der Waals surface area contributed by atoms with Crippen LogP contribution in [0, 0.1) is 11.8 Å². The summed E-state index contributed by atoms with van der Waals surface area (Å²) in [7, 11) is 0. The van der Waals surface area contributed by atoms with E-state index in [4.69, 9.17) is 0 Å². The van der Waals surface area contributed by atoms with Crippen LogP contribution in [-0.2, 0) is 16.0 Å². The van der Waals surface area contributed by atoms with Crippen molar-refractivity contribution in [2.24, 2.45) is 11.8 Å². The summed E-state index contributed by atoms with van der Waals surface area (Å²) in [5.74, 6) is 0.445. The van der Waals surface area contributed by atoms with Crippen molar-refractivity contribution in [1.29, 1.82) is 0 Å². The lowest BCUT2D eigenvalue weighted by molar-refractivity contribution is -0.117. The Balaban J connectivity index is 1.97. The van der Waals surface area contributed by atoms with Crippen LogP contribution in [0.3, 0.4) is 0 Å². The first-order chi connectivity index (χ1) is 10.1. The summed E-state index contributed by atoms with van der Waals surface area (Å²) in [6.45, 7) is 1.96. The van der Waals surface area contributed by atoms with Crippen LogP contribution in [0.2, 0.25) is 0 Å². The Bertz CT molecular complexity index is 839. The summed E-state index contributed by atoms with van der Waals surface area (Å²) in [6.07, 6.45) is 12.3. The fourth-order valence-electron chi connectivity index (χ4n) is 3.57. The van der Waals surface area contributed by atoms with Crippen molar-refractivity contribution in [2.75, 3.05) is 0 Å². The third kappa shape index (κ3) is 1.86. The van der Waals surface area contributed by atoms with E-state index in [1.165, 1.54) is 5.56 Å². The van der Waals surface area contributed by atoms with Gasteiger partial charge in [-0.3, -0.25) is 9.59 Å². The molecule has 0 amide bonds. The van der Waals surface area contributed by atoms with Gasteiger partial charge in [0.25, 0.3) is 0 Å². The zero-order valence-corrected chi connectivity index (χ0v) is 11.9. The van der Waals surface area contributed by atoms with Crippen molar-refractivity contribution in [2.45, 2.75) is 19.3 Å². The summed E-state index contributed by atoms with van der Waals surface area (Å²) in [5.41, 5.74) is 2.34. The van der Waals surface area contributed by atoms with Crippen molar-refractivity contribution in [3.8, 4) is 0 Å². The highest BCUT2D eigenvalue weighted by molar-refractivity contribution is 6.10. The Labute approximate surface area is 123 Å². The van der Waals surface area contributed by atoms with Crippen molar-refractivity contribution in [3.63, 3.8) is 0 Å². The predicted octanol–water partition coefficient (Wildman–Crippen LogP) is 1.42. The maximum Gasteiger partial charge on any atom is 0.164 e. The van der Waals surface area contributed by atoms with Gasteiger partial charge in [0, 0.05) is 11.8 Å². The molecule has 0 N–H and O–H groups in total. The third-order valence-electron chi connectivity index (χ3n) is 4.77. The van der Waals surface area contributed by atoms with E-state index < -0.39 is 0 Å². The molecule has 104 valence electrons. The van der Waals surface area contributed by atoms with E-state index in [0.717, 1.165) is 22.4 Å². The van der Waals surface area contributed by atoms with Gasteiger partial charge in [-0.1, -0.05) is 43.4 Å². The summed E-state index contributed by atoms with van der Waals surface area (Å²) in [6, 6.07) is 4.21. The van der Waals surface area contributed by atoms with Crippen LogP contribution in [0.4, 0.5) is 0 Å². The molecule has 1 aromatic carbocycles.